The fraction of sp³-hybridized carbons (Fsp3) is 0.348. The van der Waals surface area contributed by atoms with E-state index < -0.39 is 11.9 Å². The average molecular weight is 511 g/mol. The number of para-hydroxylation sites is 1. The molecule has 2 fully saturated rings. The normalized spacial score (nSPS) is 21.8. The number of aromatic nitrogens is 3. The third-order valence-corrected chi connectivity index (χ3v) is 7.01. The lowest BCUT2D eigenvalue weighted by atomic mass is 10.0. The molecule has 3 aromatic rings. The summed E-state index contributed by atoms with van der Waals surface area (Å²) >= 11 is 3.31. The van der Waals surface area contributed by atoms with Gasteiger partial charge in [0.1, 0.15) is 23.0 Å². The number of fused-ring (bicyclic) bond motifs is 2. The lowest BCUT2D eigenvalue weighted by Crippen LogP contribution is -2.48. The van der Waals surface area contributed by atoms with Gasteiger partial charge >= 0.3 is 0 Å². The van der Waals surface area contributed by atoms with Gasteiger partial charge in [0.2, 0.25) is 11.8 Å². The zero-order valence-corrected chi connectivity index (χ0v) is 19.4. The second-order valence-corrected chi connectivity index (χ2v) is 9.35. The van der Waals surface area contributed by atoms with Crippen molar-refractivity contribution in [3.63, 3.8) is 0 Å². The van der Waals surface area contributed by atoms with Crippen LogP contribution in [0.25, 0.3) is 10.9 Å². The number of primary amides is 1. The Morgan fingerprint density at radius 2 is 1.94 bits per heavy atom. The van der Waals surface area contributed by atoms with Gasteiger partial charge in [0.15, 0.2) is 5.69 Å². The molecule has 1 aliphatic heterocycles. The number of amides is 3. The van der Waals surface area contributed by atoms with Crippen LogP contribution in [0.3, 0.4) is 0 Å². The van der Waals surface area contributed by atoms with Crippen LogP contribution in [0.15, 0.2) is 47.1 Å². The number of benzene rings is 1. The summed E-state index contributed by atoms with van der Waals surface area (Å²) < 4.78 is 2.12. The summed E-state index contributed by atoms with van der Waals surface area (Å²) in [5.41, 5.74) is 6.28. The predicted molar refractivity (Wildman–Crippen MR) is 125 cm³/mol. The summed E-state index contributed by atoms with van der Waals surface area (Å²) in [7, 11) is 0. The number of hydrogen-bond donors (Lipinski definition) is 2. The van der Waals surface area contributed by atoms with E-state index in [0.29, 0.717) is 33.7 Å². The third-order valence-electron chi connectivity index (χ3n) is 6.57. The fourth-order valence-electron chi connectivity index (χ4n) is 5.21. The quantitative estimate of drug-likeness (QED) is 0.510. The zero-order valence-electron chi connectivity index (χ0n) is 17.8. The van der Waals surface area contributed by atoms with Gasteiger partial charge in [-0.2, -0.15) is 5.10 Å². The number of nitrogens with two attached hydrogens (primary N) is 1. The van der Waals surface area contributed by atoms with Gasteiger partial charge in [-0.05, 0) is 59.3 Å². The molecule has 1 aromatic carbocycles. The monoisotopic (exact) mass is 510 g/mol. The van der Waals surface area contributed by atoms with E-state index in [9.17, 15) is 14.4 Å². The number of likely N-dealkylation sites (tertiary alicyclic amines) is 1. The molecule has 3 atom stereocenters. The Morgan fingerprint density at radius 1 is 1.12 bits per heavy atom. The molecule has 33 heavy (non-hydrogen) atoms. The summed E-state index contributed by atoms with van der Waals surface area (Å²) in [5, 5.41) is 7.77. The molecule has 3 heterocycles. The van der Waals surface area contributed by atoms with Gasteiger partial charge in [0.25, 0.3) is 5.91 Å². The maximum atomic E-state index is 13.5. The first-order valence-electron chi connectivity index (χ1n) is 10.9. The molecule has 0 spiro atoms. The Kier molecular flexibility index (Phi) is 5.61. The van der Waals surface area contributed by atoms with Crippen molar-refractivity contribution in [3.8, 4) is 0 Å². The lowest BCUT2D eigenvalue weighted by molar-refractivity contribution is -0.139. The van der Waals surface area contributed by atoms with Crippen molar-refractivity contribution in [2.24, 2.45) is 11.7 Å². The Labute approximate surface area is 198 Å². The minimum Gasteiger partial charge on any atom is -0.364 e. The van der Waals surface area contributed by atoms with Crippen molar-refractivity contribution < 1.29 is 14.4 Å². The number of nitrogens with zero attached hydrogens (tertiary/aromatic N) is 4. The smallest absolute Gasteiger partial charge is 0.269 e. The molecule has 170 valence electrons. The lowest BCUT2D eigenvalue weighted by Gasteiger charge is -2.29. The molecular formula is C23H23BrN6O3. The van der Waals surface area contributed by atoms with Crippen LogP contribution in [0.1, 0.15) is 36.2 Å². The summed E-state index contributed by atoms with van der Waals surface area (Å²) in [6.07, 6.45) is 3.55. The molecular weight excluding hydrogens is 488 g/mol. The first-order valence-corrected chi connectivity index (χ1v) is 11.7. The highest BCUT2D eigenvalue weighted by Crippen LogP contribution is 2.41. The molecule has 9 nitrogen and oxygen atoms in total. The summed E-state index contributed by atoms with van der Waals surface area (Å²) in [4.78, 5) is 44.6. The third kappa shape index (κ3) is 3.99. The van der Waals surface area contributed by atoms with Crippen LogP contribution in [0.5, 0.6) is 0 Å². The minimum absolute atomic E-state index is 0.0288. The number of halogens is 1. The van der Waals surface area contributed by atoms with Gasteiger partial charge in [0.05, 0.1) is 5.52 Å². The van der Waals surface area contributed by atoms with Gasteiger partial charge in [0, 0.05) is 11.4 Å². The first kappa shape index (κ1) is 21.6. The van der Waals surface area contributed by atoms with Crippen LogP contribution in [-0.4, -0.2) is 49.5 Å². The van der Waals surface area contributed by atoms with Crippen molar-refractivity contribution in [1.29, 1.82) is 0 Å². The van der Waals surface area contributed by atoms with Crippen LogP contribution < -0.4 is 11.1 Å². The summed E-state index contributed by atoms with van der Waals surface area (Å²) in [5.74, 6) is -0.352. The maximum Gasteiger partial charge on any atom is 0.269 e. The minimum atomic E-state index is -0.645. The van der Waals surface area contributed by atoms with E-state index in [4.69, 9.17) is 5.73 Å². The van der Waals surface area contributed by atoms with E-state index in [-0.39, 0.29) is 30.1 Å². The molecule has 0 bridgehead atoms. The Balaban J connectivity index is 1.42. The number of carbonyl (C=O) groups excluding carboxylic acids is 3. The van der Waals surface area contributed by atoms with Crippen LogP contribution >= 0.6 is 15.9 Å². The molecule has 1 saturated heterocycles. The molecule has 10 heteroatoms. The number of anilines is 1. The van der Waals surface area contributed by atoms with Crippen LogP contribution in [-0.2, 0) is 16.1 Å². The van der Waals surface area contributed by atoms with Gasteiger partial charge in [-0.3, -0.25) is 19.1 Å². The Morgan fingerprint density at radius 3 is 2.73 bits per heavy atom. The van der Waals surface area contributed by atoms with Gasteiger partial charge < -0.3 is 16.0 Å². The average Bonchev–Trinajstić information content (AvgIpc) is 3.47. The SMILES string of the molecule is NC(=O)c1nn(CC(=O)N2[C@H](C(=O)Nc3cccc(Br)n3)C[C@@H]3CCC[C@@H]32)c2ccccc12. The molecule has 3 amide bonds. The summed E-state index contributed by atoms with van der Waals surface area (Å²) in [6.45, 7) is -0.0735. The van der Waals surface area contributed by atoms with E-state index in [1.54, 1.807) is 41.3 Å². The number of nitrogens with one attached hydrogen (secondary N) is 1. The number of carbonyl (C=O) groups is 3. The van der Waals surface area contributed by atoms with E-state index in [0.717, 1.165) is 19.3 Å². The van der Waals surface area contributed by atoms with Crippen molar-refractivity contribution >= 4 is 50.4 Å². The van der Waals surface area contributed by atoms with E-state index in [1.807, 2.05) is 6.07 Å². The van der Waals surface area contributed by atoms with Crippen molar-refractivity contribution in [3.05, 3.63) is 52.8 Å². The van der Waals surface area contributed by atoms with Crippen molar-refractivity contribution in [2.45, 2.75) is 44.3 Å². The fourth-order valence-corrected chi connectivity index (χ4v) is 5.55. The standard InChI is InChI=1S/C23H23BrN6O3/c24-18-9-4-10-19(26-18)27-23(33)17-11-13-5-3-8-15(13)30(17)20(31)12-29-16-7-2-1-6-14(16)21(28-29)22(25)32/h1-2,4,6-7,9-10,13,15,17H,3,5,8,11-12H2,(H2,25,32)(H,26,27,33)/t13-,15-,17-/m0/s1. The predicted octanol–water partition coefficient (Wildman–Crippen LogP) is 2.70. The number of rotatable bonds is 5. The highest BCUT2D eigenvalue weighted by atomic mass is 79.9. The van der Waals surface area contributed by atoms with Crippen LogP contribution in [0.4, 0.5) is 5.82 Å². The van der Waals surface area contributed by atoms with Gasteiger partial charge in [-0.25, -0.2) is 4.98 Å². The molecule has 0 unspecified atom stereocenters. The highest BCUT2D eigenvalue weighted by molar-refractivity contribution is 9.10. The van der Waals surface area contributed by atoms with Gasteiger partial charge in [-0.1, -0.05) is 30.7 Å². The highest BCUT2D eigenvalue weighted by Gasteiger charge is 2.48. The van der Waals surface area contributed by atoms with Crippen LogP contribution in [0.2, 0.25) is 0 Å². The zero-order chi connectivity index (χ0) is 23.1. The van der Waals surface area contributed by atoms with E-state index >= 15 is 0 Å². The maximum absolute atomic E-state index is 13.5. The van der Waals surface area contributed by atoms with Crippen molar-refractivity contribution in [2.75, 3.05) is 5.32 Å². The molecule has 5 rings (SSSR count). The molecule has 1 aliphatic carbocycles. The van der Waals surface area contributed by atoms with E-state index in [2.05, 4.69) is 31.3 Å². The Bertz CT molecular complexity index is 1260. The second kappa shape index (κ2) is 8.58. The largest absolute Gasteiger partial charge is 0.364 e. The number of pyridine rings is 1. The topological polar surface area (TPSA) is 123 Å². The molecule has 3 N–H and O–H groups in total. The number of hydrogen-bond acceptors (Lipinski definition) is 5. The molecule has 1 saturated carbocycles. The van der Waals surface area contributed by atoms with Gasteiger partial charge in [-0.15, -0.1) is 0 Å². The van der Waals surface area contributed by atoms with Crippen LogP contribution in [0, 0.1) is 5.92 Å². The summed E-state index contributed by atoms with van der Waals surface area (Å²) in [6, 6.07) is 11.9. The second-order valence-electron chi connectivity index (χ2n) is 8.53. The van der Waals surface area contributed by atoms with Crippen molar-refractivity contribution in [1.82, 2.24) is 19.7 Å². The molecule has 2 aliphatic rings. The first-order chi connectivity index (χ1) is 15.9. The Hall–Kier alpha value is -3.27. The molecule has 2 aromatic heterocycles. The molecule has 0 radical (unpaired) electrons. The van der Waals surface area contributed by atoms with E-state index in [1.165, 1.54) is 4.68 Å².